The number of aromatic nitrogens is 2. The van der Waals surface area contributed by atoms with Crippen molar-refractivity contribution in [1.82, 2.24) is 10.2 Å². The molecule has 1 heterocycles. The van der Waals surface area contributed by atoms with Gasteiger partial charge < -0.3 is 4.74 Å². The van der Waals surface area contributed by atoms with E-state index in [1.807, 2.05) is 30.3 Å². The van der Waals surface area contributed by atoms with Crippen molar-refractivity contribution in [2.75, 3.05) is 12.4 Å². The van der Waals surface area contributed by atoms with Gasteiger partial charge in [-0.3, -0.25) is 10.1 Å². The van der Waals surface area contributed by atoms with Crippen molar-refractivity contribution in [2.45, 2.75) is 10.1 Å². The average Bonchev–Trinajstić information content (AvgIpc) is 3.08. The minimum atomic E-state index is -0.591. The molecule has 1 N–H and O–H groups in total. The lowest BCUT2D eigenvalue weighted by Gasteiger charge is -2.04. The lowest BCUT2D eigenvalue weighted by Crippen LogP contribution is -2.12. The van der Waals surface area contributed by atoms with E-state index in [1.54, 1.807) is 11.8 Å². The van der Waals surface area contributed by atoms with Crippen LogP contribution in [0.2, 0.25) is 0 Å². The fourth-order valence-corrected chi connectivity index (χ4v) is 3.72. The second kappa shape index (κ2) is 8.09. The molecule has 25 heavy (non-hydrogen) atoms. The van der Waals surface area contributed by atoms with Gasteiger partial charge in [0.05, 0.1) is 7.11 Å². The van der Waals surface area contributed by atoms with Crippen LogP contribution in [-0.2, 0) is 5.75 Å². The Morgan fingerprint density at radius 1 is 1.24 bits per heavy atom. The van der Waals surface area contributed by atoms with E-state index in [0.29, 0.717) is 5.13 Å². The van der Waals surface area contributed by atoms with Crippen molar-refractivity contribution in [3.63, 3.8) is 0 Å². The Morgan fingerprint density at radius 2 is 2.04 bits per heavy atom. The van der Waals surface area contributed by atoms with E-state index in [-0.39, 0.29) is 11.3 Å². The van der Waals surface area contributed by atoms with Gasteiger partial charge >= 0.3 is 0 Å². The van der Waals surface area contributed by atoms with Crippen molar-refractivity contribution in [2.24, 2.45) is 0 Å². The summed E-state index contributed by atoms with van der Waals surface area (Å²) in [6.07, 6.45) is 0. The molecule has 3 aromatic rings. The van der Waals surface area contributed by atoms with Gasteiger partial charge in [0.1, 0.15) is 0 Å². The van der Waals surface area contributed by atoms with E-state index in [2.05, 4.69) is 15.5 Å². The first-order valence-corrected chi connectivity index (χ1v) is 9.11. The van der Waals surface area contributed by atoms with E-state index in [1.165, 1.54) is 36.1 Å². The van der Waals surface area contributed by atoms with Gasteiger partial charge in [0.15, 0.2) is 15.9 Å². The van der Waals surface area contributed by atoms with Crippen molar-refractivity contribution >= 4 is 34.1 Å². The van der Waals surface area contributed by atoms with Crippen LogP contribution in [0.15, 0.2) is 52.9 Å². The number of methoxy groups -OCH3 is 1. The highest BCUT2D eigenvalue weighted by atomic mass is 32.2. The van der Waals surface area contributed by atoms with E-state index in [0.717, 1.165) is 16.2 Å². The van der Waals surface area contributed by atoms with E-state index >= 15 is 0 Å². The molecule has 0 saturated heterocycles. The van der Waals surface area contributed by atoms with E-state index in [4.69, 9.17) is 4.74 Å². The standard InChI is InChI=1S/C17H14FN3O2S2/c1-23-14-8-7-12(9-13(14)18)15(22)19-16-20-21-17(25-16)24-10-11-5-3-2-4-6-11/h2-9H,10H2,1H3,(H,19,20,22). The molecule has 2 aromatic carbocycles. The maximum atomic E-state index is 13.7. The molecule has 128 valence electrons. The predicted molar refractivity (Wildman–Crippen MR) is 96.8 cm³/mol. The van der Waals surface area contributed by atoms with Crippen LogP contribution in [0.5, 0.6) is 5.75 Å². The lowest BCUT2D eigenvalue weighted by molar-refractivity contribution is 0.102. The molecule has 0 atom stereocenters. The largest absolute Gasteiger partial charge is 0.494 e. The molecule has 0 aliphatic heterocycles. The number of anilines is 1. The molecule has 1 aromatic heterocycles. The first kappa shape index (κ1) is 17.4. The highest BCUT2D eigenvalue weighted by molar-refractivity contribution is 8.00. The fraction of sp³-hybridized carbons (Fsp3) is 0.118. The molecule has 0 spiro atoms. The Labute approximate surface area is 152 Å². The predicted octanol–water partition coefficient (Wildman–Crippen LogP) is 4.23. The lowest BCUT2D eigenvalue weighted by atomic mass is 10.2. The van der Waals surface area contributed by atoms with Crippen LogP contribution in [0.4, 0.5) is 9.52 Å². The van der Waals surface area contributed by atoms with Crippen molar-refractivity contribution in [1.29, 1.82) is 0 Å². The van der Waals surface area contributed by atoms with Gasteiger partial charge in [-0.2, -0.15) is 0 Å². The van der Waals surface area contributed by atoms with Crippen LogP contribution >= 0.6 is 23.1 Å². The average molecular weight is 375 g/mol. The zero-order valence-electron chi connectivity index (χ0n) is 13.2. The molecular formula is C17H14FN3O2S2. The second-order valence-electron chi connectivity index (χ2n) is 4.95. The minimum absolute atomic E-state index is 0.0899. The van der Waals surface area contributed by atoms with Crippen molar-refractivity contribution in [3.05, 3.63) is 65.5 Å². The Hall–Kier alpha value is -2.45. The summed E-state index contributed by atoms with van der Waals surface area (Å²) in [5, 5.41) is 11.0. The topological polar surface area (TPSA) is 64.1 Å². The Bertz CT molecular complexity index is 871. The van der Waals surface area contributed by atoms with Crippen LogP contribution in [-0.4, -0.2) is 23.2 Å². The van der Waals surface area contributed by atoms with Gasteiger partial charge in [0.25, 0.3) is 5.91 Å². The Morgan fingerprint density at radius 3 is 2.76 bits per heavy atom. The van der Waals surface area contributed by atoms with Crippen LogP contribution in [0, 0.1) is 5.82 Å². The summed E-state index contributed by atoms with van der Waals surface area (Å²) in [6.45, 7) is 0. The summed E-state index contributed by atoms with van der Waals surface area (Å²) in [5.41, 5.74) is 1.37. The summed E-state index contributed by atoms with van der Waals surface area (Å²) in [5.74, 6) is -0.177. The third-order valence-electron chi connectivity index (χ3n) is 3.25. The Balaban J connectivity index is 1.61. The highest BCUT2D eigenvalue weighted by Crippen LogP contribution is 2.28. The molecule has 0 fully saturated rings. The number of thioether (sulfide) groups is 1. The van der Waals surface area contributed by atoms with E-state index < -0.39 is 11.7 Å². The number of ether oxygens (including phenoxy) is 1. The summed E-state index contributed by atoms with van der Waals surface area (Å²) >= 11 is 2.82. The number of benzene rings is 2. The third kappa shape index (κ3) is 4.55. The molecule has 0 unspecified atom stereocenters. The second-order valence-corrected chi connectivity index (χ2v) is 7.15. The number of rotatable bonds is 6. The molecule has 0 saturated carbocycles. The molecule has 5 nitrogen and oxygen atoms in total. The first-order valence-electron chi connectivity index (χ1n) is 7.31. The molecule has 0 radical (unpaired) electrons. The monoisotopic (exact) mass is 375 g/mol. The molecule has 1 amide bonds. The van der Waals surface area contributed by atoms with Crippen molar-refractivity contribution in [3.8, 4) is 5.75 Å². The normalized spacial score (nSPS) is 10.5. The van der Waals surface area contributed by atoms with Crippen LogP contribution in [0.25, 0.3) is 0 Å². The fourth-order valence-electron chi connectivity index (χ4n) is 2.01. The molecule has 0 aliphatic carbocycles. The van der Waals surface area contributed by atoms with Crippen molar-refractivity contribution < 1.29 is 13.9 Å². The number of nitrogens with one attached hydrogen (secondary N) is 1. The minimum Gasteiger partial charge on any atom is -0.494 e. The quantitative estimate of drug-likeness (QED) is 0.516. The van der Waals surface area contributed by atoms with Gasteiger partial charge in [-0.05, 0) is 23.8 Å². The Kier molecular flexibility index (Phi) is 5.62. The molecular weight excluding hydrogens is 361 g/mol. The van der Waals surface area contributed by atoms with Gasteiger partial charge in [-0.25, -0.2) is 4.39 Å². The summed E-state index contributed by atoms with van der Waals surface area (Å²) in [7, 11) is 1.37. The number of carbonyl (C=O) groups is 1. The number of amides is 1. The van der Waals surface area contributed by atoms with E-state index in [9.17, 15) is 9.18 Å². The summed E-state index contributed by atoms with van der Waals surface area (Å²) in [4.78, 5) is 12.2. The first-order chi connectivity index (χ1) is 12.2. The number of hydrogen-bond acceptors (Lipinski definition) is 6. The van der Waals surface area contributed by atoms with Crippen LogP contribution < -0.4 is 10.1 Å². The van der Waals surface area contributed by atoms with Gasteiger partial charge in [-0.1, -0.05) is 53.4 Å². The summed E-state index contributed by atoms with van der Waals surface area (Å²) < 4.78 is 19.3. The molecule has 0 bridgehead atoms. The number of carbonyl (C=O) groups excluding carboxylic acids is 1. The van der Waals surface area contributed by atoms with Gasteiger partial charge in [0, 0.05) is 11.3 Å². The molecule has 3 rings (SSSR count). The van der Waals surface area contributed by atoms with Gasteiger partial charge in [0.2, 0.25) is 5.13 Å². The zero-order chi connectivity index (χ0) is 17.6. The maximum absolute atomic E-state index is 13.7. The SMILES string of the molecule is COc1ccc(C(=O)Nc2nnc(SCc3ccccc3)s2)cc1F. The molecule has 0 aliphatic rings. The number of nitrogens with zero attached hydrogens (tertiary/aromatic N) is 2. The van der Waals surface area contributed by atoms with Gasteiger partial charge in [-0.15, -0.1) is 10.2 Å². The smallest absolute Gasteiger partial charge is 0.257 e. The van der Waals surface area contributed by atoms with Crippen LogP contribution in [0.3, 0.4) is 0 Å². The van der Waals surface area contributed by atoms with Crippen LogP contribution in [0.1, 0.15) is 15.9 Å². The third-order valence-corrected chi connectivity index (χ3v) is 5.29. The maximum Gasteiger partial charge on any atom is 0.257 e. The molecule has 8 heteroatoms. The highest BCUT2D eigenvalue weighted by Gasteiger charge is 2.13. The number of hydrogen-bond donors (Lipinski definition) is 1. The zero-order valence-corrected chi connectivity index (χ0v) is 14.9. The summed E-state index contributed by atoms with van der Waals surface area (Å²) in [6, 6.07) is 14.0. The number of halogens is 1.